The second-order valence-electron chi connectivity index (χ2n) is 2.40. The van der Waals surface area contributed by atoms with E-state index in [1.54, 1.807) is 18.4 Å². The van der Waals surface area contributed by atoms with Crippen LogP contribution in [0.2, 0.25) is 0 Å². The maximum atomic E-state index is 8.65. The van der Waals surface area contributed by atoms with Crippen LogP contribution in [0.1, 0.15) is 5.56 Å². The first-order chi connectivity index (χ1) is 5.81. The molecule has 0 atom stereocenters. The minimum atomic E-state index is 0.601. The molecule has 1 aromatic carbocycles. The third kappa shape index (κ3) is 1.01. The van der Waals surface area contributed by atoms with Crippen LogP contribution < -0.4 is 0 Å². The van der Waals surface area contributed by atoms with Gasteiger partial charge in [-0.3, -0.25) is 0 Å². The number of hydrogen-bond donors (Lipinski definition) is 0. The number of halogens is 1. The average molecular weight is 222 g/mol. The number of fused-ring (bicyclic) bond motifs is 1. The molecule has 2 rings (SSSR count). The molecular formula is C9H4BrNO. The van der Waals surface area contributed by atoms with Gasteiger partial charge in [0.1, 0.15) is 5.58 Å². The van der Waals surface area contributed by atoms with E-state index < -0.39 is 0 Å². The standard InChI is InChI=1S/C9H4BrNO/c10-8-3-6(5-11)4-9-7(8)1-2-12-9/h1-4H. The van der Waals surface area contributed by atoms with E-state index >= 15 is 0 Å². The lowest BCUT2D eigenvalue weighted by Gasteiger charge is -1.92. The molecule has 0 amide bonds. The fourth-order valence-electron chi connectivity index (χ4n) is 1.09. The maximum absolute atomic E-state index is 8.65. The molecule has 0 aliphatic carbocycles. The lowest BCUT2D eigenvalue weighted by atomic mass is 10.2. The first kappa shape index (κ1) is 7.38. The van der Waals surface area contributed by atoms with Crippen LogP contribution in [0.25, 0.3) is 11.0 Å². The summed E-state index contributed by atoms with van der Waals surface area (Å²) in [5.74, 6) is 0. The van der Waals surface area contributed by atoms with Crippen molar-refractivity contribution in [1.82, 2.24) is 0 Å². The summed E-state index contributed by atoms with van der Waals surface area (Å²) in [6, 6.07) is 7.42. The second kappa shape index (κ2) is 2.65. The van der Waals surface area contributed by atoms with Crippen molar-refractivity contribution in [1.29, 1.82) is 5.26 Å². The fourth-order valence-corrected chi connectivity index (χ4v) is 1.67. The van der Waals surface area contributed by atoms with Crippen molar-refractivity contribution in [2.24, 2.45) is 0 Å². The Kier molecular flexibility index (Phi) is 1.63. The van der Waals surface area contributed by atoms with Crippen LogP contribution in [0.15, 0.2) is 33.4 Å². The molecule has 0 bridgehead atoms. The first-order valence-electron chi connectivity index (χ1n) is 3.38. The Morgan fingerprint density at radius 2 is 2.25 bits per heavy atom. The summed E-state index contributed by atoms with van der Waals surface area (Å²) in [6.07, 6.45) is 1.61. The van der Waals surface area contributed by atoms with E-state index in [1.165, 1.54) is 0 Å². The van der Waals surface area contributed by atoms with Crippen LogP contribution in [-0.4, -0.2) is 0 Å². The van der Waals surface area contributed by atoms with E-state index in [2.05, 4.69) is 22.0 Å². The molecule has 0 spiro atoms. The molecule has 3 heteroatoms. The third-order valence-electron chi connectivity index (χ3n) is 1.65. The molecule has 0 unspecified atom stereocenters. The minimum absolute atomic E-state index is 0.601. The van der Waals surface area contributed by atoms with Gasteiger partial charge in [0.2, 0.25) is 0 Å². The number of rotatable bonds is 0. The molecule has 0 radical (unpaired) electrons. The van der Waals surface area contributed by atoms with E-state index in [4.69, 9.17) is 9.68 Å². The zero-order valence-electron chi connectivity index (χ0n) is 6.04. The molecule has 2 aromatic rings. The van der Waals surface area contributed by atoms with Gasteiger partial charge < -0.3 is 4.42 Å². The molecule has 0 saturated heterocycles. The van der Waals surface area contributed by atoms with Gasteiger partial charge in [-0.15, -0.1) is 0 Å². The summed E-state index contributed by atoms with van der Waals surface area (Å²) in [5.41, 5.74) is 1.34. The zero-order valence-corrected chi connectivity index (χ0v) is 7.63. The van der Waals surface area contributed by atoms with E-state index in [0.29, 0.717) is 5.56 Å². The van der Waals surface area contributed by atoms with Crippen molar-refractivity contribution in [2.75, 3.05) is 0 Å². The van der Waals surface area contributed by atoms with Gasteiger partial charge in [-0.25, -0.2) is 0 Å². The molecule has 1 heterocycles. The Morgan fingerprint density at radius 3 is 3.00 bits per heavy atom. The van der Waals surface area contributed by atoms with E-state index in [-0.39, 0.29) is 0 Å². The van der Waals surface area contributed by atoms with Crippen molar-refractivity contribution in [3.63, 3.8) is 0 Å². The predicted octanol–water partition coefficient (Wildman–Crippen LogP) is 3.07. The molecule has 12 heavy (non-hydrogen) atoms. The van der Waals surface area contributed by atoms with Gasteiger partial charge in [0.05, 0.1) is 17.9 Å². The summed E-state index contributed by atoms with van der Waals surface area (Å²) in [7, 11) is 0. The molecule has 2 nitrogen and oxygen atoms in total. The highest BCUT2D eigenvalue weighted by Gasteiger charge is 2.03. The SMILES string of the molecule is N#Cc1cc(Br)c2ccoc2c1. The number of hydrogen-bond acceptors (Lipinski definition) is 2. The van der Waals surface area contributed by atoms with E-state index in [1.807, 2.05) is 6.07 Å². The van der Waals surface area contributed by atoms with Crippen molar-refractivity contribution in [3.8, 4) is 6.07 Å². The van der Waals surface area contributed by atoms with Crippen LogP contribution >= 0.6 is 15.9 Å². The highest BCUT2D eigenvalue weighted by atomic mass is 79.9. The predicted molar refractivity (Wildman–Crippen MR) is 48.6 cm³/mol. The smallest absolute Gasteiger partial charge is 0.136 e. The molecule has 0 N–H and O–H groups in total. The quantitative estimate of drug-likeness (QED) is 0.686. The van der Waals surface area contributed by atoms with Gasteiger partial charge in [-0.2, -0.15) is 5.26 Å². The Balaban J connectivity index is 2.86. The molecule has 0 saturated carbocycles. The van der Waals surface area contributed by atoms with Gasteiger partial charge in [-0.05, 0) is 34.1 Å². The Bertz CT molecular complexity index is 467. The minimum Gasteiger partial charge on any atom is -0.464 e. The van der Waals surface area contributed by atoms with Crippen molar-refractivity contribution in [2.45, 2.75) is 0 Å². The molecule has 0 fully saturated rings. The van der Waals surface area contributed by atoms with Crippen LogP contribution in [0.3, 0.4) is 0 Å². The number of furan rings is 1. The summed E-state index contributed by atoms with van der Waals surface area (Å²) in [4.78, 5) is 0. The third-order valence-corrected chi connectivity index (χ3v) is 2.31. The number of benzene rings is 1. The number of nitrogens with zero attached hydrogens (tertiary/aromatic N) is 1. The molecule has 0 aliphatic rings. The summed E-state index contributed by atoms with van der Waals surface area (Å²) in [6.45, 7) is 0. The van der Waals surface area contributed by atoms with Gasteiger partial charge in [0.25, 0.3) is 0 Å². The summed E-state index contributed by atoms with van der Waals surface area (Å²) < 4.78 is 6.05. The lowest BCUT2D eigenvalue weighted by Crippen LogP contribution is -1.74. The Labute approximate surface area is 77.5 Å². The molecular weight excluding hydrogens is 218 g/mol. The molecule has 0 aliphatic heterocycles. The first-order valence-corrected chi connectivity index (χ1v) is 4.17. The molecule has 58 valence electrons. The zero-order chi connectivity index (χ0) is 8.55. The highest BCUT2D eigenvalue weighted by molar-refractivity contribution is 9.10. The topological polar surface area (TPSA) is 36.9 Å². The normalized spacial score (nSPS) is 10.0. The van der Waals surface area contributed by atoms with E-state index in [9.17, 15) is 0 Å². The van der Waals surface area contributed by atoms with Crippen LogP contribution in [0.4, 0.5) is 0 Å². The van der Waals surface area contributed by atoms with Gasteiger partial charge >= 0.3 is 0 Å². The Hall–Kier alpha value is -1.27. The van der Waals surface area contributed by atoms with Crippen molar-refractivity contribution >= 4 is 26.9 Å². The monoisotopic (exact) mass is 221 g/mol. The lowest BCUT2D eigenvalue weighted by molar-refractivity contribution is 0.615. The van der Waals surface area contributed by atoms with Gasteiger partial charge in [0, 0.05) is 9.86 Å². The van der Waals surface area contributed by atoms with Crippen LogP contribution in [0, 0.1) is 11.3 Å². The van der Waals surface area contributed by atoms with Crippen molar-refractivity contribution < 1.29 is 4.42 Å². The van der Waals surface area contributed by atoms with Gasteiger partial charge in [-0.1, -0.05) is 0 Å². The van der Waals surface area contributed by atoms with Crippen LogP contribution in [0.5, 0.6) is 0 Å². The second-order valence-corrected chi connectivity index (χ2v) is 3.26. The summed E-state index contributed by atoms with van der Waals surface area (Å²) in [5, 5.41) is 9.64. The number of nitriles is 1. The van der Waals surface area contributed by atoms with Crippen LogP contribution in [-0.2, 0) is 0 Å². The largest absolute Gasteiger partial charge is 0.464 e. The van der Waals surface area contributed by atoms with Crippen molar-refractivity contribution in [3.05, 3.63) is 34.5 Å². The van der Waals surface area contributed by atoms with E-state index in [0.717, 1.165) is 15.4 Å². The fraction of sp³-hybridized carbons (Fsp3) is 0. The maximum Gasteiger partial charge on any atom is 0.136 e. The van der Waals surface area contributed by atoms with Gasteiger partial charge in [0.15, 0.2) is 0 Å². The Morgan fingerprint density at radius 1 is 1.42 bits per heavy atom. The summed E-state index contributed by atoms with van der Waals surface area (Å²) >= 11 is 3.36. The highest BCUT2D eigenvalue weighted by Crippen LogP contribution is 2.26. The average Bonchev–Trinajstić information content (AvgIpc) is 2.52. The molecule has 1 aromatic heterocycles.